The molecule has 0 aliphatic carbocycles. The van der Waals surface area contributed by atoms with Crippen molar-refractivity contribution < 1.29 is 9.90 Å². The molecule has 5 heteroatoms. The number of hydrogen-bond donors (Lipinski definition) is 1. The third-order valence-corrected chi connectivity index (χ3v) is 4.32. The van der Waals surface area contributed by atoms with Crippen molar-refractivity contribution in [2.45, 2.75) is 10.6 Å². The number of rotatable bonds is 5. The summed E-state index contributed by atoms with van der Waals surface area (Å²) in [5.41, 5.74) is 0.938. The van der Waals surface area contributed by atoms with Gasteiger partial charge in [-0.25, -0.2) is 4.79 Å². The number of carbonyl (C=O) groups is 1. The molecule has 0 aromatic carbocycles. The number of aromatic nitrogens is 1. The standard InChI is InChI=1S/C13H11NO2S2/c15-13(16)2-1-10-7-12(17-8-10)9-18-11-3-5-14-6-4-11/h1-8H,9H2,(H,15,16). The highest BCUT2D eigenvalue weighted by Gasteiger charge is 2.00. The summed E-state index contributed by atoms with van der Waals surface area (Å²) in [7, 11) is 0. The minimum Gasteiger partial charge on any atom is -0.478 e. The van der Waals surface area contributed by atoms with Crippen molar-refractivity contribution in [1.82, 2.24) is 4.98 Å². The summed E-state index contributed by atoms with van der Waals surface area (Å²) in [6.07, 6.45) is 6.32. The lowest BCUT2D eigenvalue weighted by Gasteiger charge is -1.97. The smallest absolute Gasteiger partial charge is 0.328 e. The molecule has 92 valence electrons. The molecular formula is C13H11NO2S2. The van der Waals surface area contributed by atoms with Gasteiger partial charge in [0.25, 0.3) is 0 Å². The van der Waals surface area contributed by atoms with Crippen molar-refractivity contribution in [2.24, 2.45) is 0 Å². The van der Waals surface area contributed by atoms with E-state index in [2.05, 4.69) is 4.98 Å². The highest BCUT2D eigenvalue weighted by molar-refractivity contribution is 7.98. The molecule has 2 rings (SSSR count). The topological polar surface area (TPSA) is 50.2 Å². The van der Waals surface area contributed by atoms with Crippen LogP contribution in [0, 0.1) is 0 Å². The average Bonchev–Trinajstić information content (AvgIpc) is 2.83. The number of nitrogens with zero attached hydrogens (tertiary/aromatic N) is 1. The molecule has 0 fully saturated rings. The molecule has 18 heavy (non-hydrogen) atoms. The van der Waals surface area contributed by atoms with Crippen molar-refractivity contribution in [3.05, 3.63) is 52.5 Å². The summed E-state index contributed by atoms with van der Waals surface area (Å²) in [6.45, 7) is 0. The molecular weight excluding hydrogens is 266 g/mol. The molecule has 2 heterocycles. The molecule has 3 nitrogen and oxygen atoms in total. The second-order valence-corrected chi connectivity index (χ2v) is 5.53. The summed E-state index contributed by atoms with van der Waals surface area (Å²) in [4.78, 5) is 16.8. The molecule has 0 spiro atoms. The van der Waals surface area contributed by atoms with Crippen LogP contribution in [0.4, 0.5) is 0 Å². The fourth-order valence-corrected chi connectivity index (χ4v) is 3.11. The molecule has 2 aromatic rings. The molecule has 0 amide bonds. The summed E-state index contributed by atoms with van der Waals surface area (Å²) >= 11 is 3.38. The number of thioether (sulfide) groups is 1. The van der Waals surface area contributed by atoms with Gasteiger partial charge in [-0.3, -0.25) is 4.98 Å². The Morgan fingerprint density at radius 1 is 1.44 bits per heavy atom. The van der Waals surface area contributed by atoms with Crippen molar-refractivity contribution in [1.29, 1.82) is 0 Å². The van der Waals surface area contributed by atoms with Gasteiger partial charge in [0.2, 0.25) is 0 Å². The predicted molar refractivity (Wildman–Crippen MR) is 74.8 cm³/mol. The van der Waals surface area contributed by atoms with Gasteiger partial charge in [-0.15, -0.1) is 23.1 Å². The Morgan fingerprint density at radius 3 is 2.94 bits per heavy atom. The molecule has 0 saturated heterocycles. The Labute approximate surface area is 113 Å². The van der Waals surface area contributed by atoms with Crippen molar-refractivity contribution >= 4 is 35.1 Å². The van der Waals surface area contributed by atoms with Gasteiger partial charge in [0, 0.05) is 34.0 Å². The van der Waals surface area contributed by atoms with Gasteiger partial charge in [-0.05, 0) is 35.2 Å². The van der Waals surface area contributed by atoms with E-state index in [9.17, 15) is 4.79 Å². The monoisotopic (exact) mass is 277 g/mol. The van der Waals surface area contributed by atoms with Gasteiger partial charge in [0.1, 0.15) is 0 Å². The first-order valence-electron chi connectivity index (χ1n) is 5.25. The summed E-state index contributed by atoms with van der Waals surface area (Å²) < 4.78 is 0. The normalized spacial score (nSPS) is 10.9. The lowest BCUT2D eigenvalue weighted by molar-refractivity contribution is -0.131. The Morgan fingerprint density at radius 2 is 2.22 bits per heavy atom. The molecule has 0 atom stereocenters. The van der Waals surface area contributed by atoms with Crippen LogP contribution in [0.1, 0.15) is 10.4 Å². The number of hydrogen-bond acceptors (Lipinski definition) is 4. The second kappa shape index (κ2) is 6.37. The first kappa shape index (κ1) is 12.9. The van der Waals surface area contributed by atoms with Crippen LogP contribution >= 0.6 is 23.1 Å². The maximum Gasteiger partial charge on any atom is 0.328 e. The van der Waals surface area contributed by atoms with E-state index < -0.39 is 5.97 Å². The molecule has 0 aliphatic rings. The predicted octanol–water partition coefficient (Wildman–Crippen LogP) is 3.53. The van der Waals surface area contributed by atoms with Crippen LogP contribution in [-0.4, -0.2) is 16.1 Å². The minimum atomic E-state index is -0.922. The zero-order chi connectivity index (χ0) is 12.8. The molecule has 0 saturated carbocycles. The fourth-order valence-electron chi connectivity index (χ4n) is 1.32. The van der Waals surface area contributed by atoms with Crippen molar-refractivity contribution in [3.63, 3.8) is 0 Å². The number of aliphatic carboxylic acids is 1. The highest BCUT2D eigenvalue weighted by atomic mass is 32.2. The fraction of sp³-hybridized carbons (Fsp3) is 0.0769. The van der Waals surface area contributed by atoms with E-state index in [4.69, 9.17) is 5.11 Å². The Hall–Kier alpha value is -1.59. The van der Waals surface area contributed by atoms with Gasteiger partial charge in [-0.2, -0.15) is 0 Å². The van der Waals surface area contributed by atoms with E-state index in [0.29, 0.717) is 0 Å². The zero-order valence-electron chi connectivity index (χ0n) is 9.45. The molecule has 1 N–H and O–H groups in total. The van der Waals surface area contributed by atoms with E-state index in [0.717, 1.165) is 17.4 Å². The average molecular weight is 277 g/mol. The first-order valence-corrected chi connectivity index (χ1v) is 7.12. The second-order valence-electron chi connectivity index (χ2n) is 3.49. The number of thiophene rings is 1. The Bertz CT molecular complexity index is 549. The quantitative estimate of drug-likeness (QED) is 0.671. The van der Waals surface area contributed by atoms with Crippen LogP contribution in [-0.2, 0) is 10.5 Å². The summed E-state index contributed by atoms with van der Waals surface area (Å²) in [5, 5.41) is 10.5. The van der Waals surface area contributed by atoms with Crippen LogP contribution in [0.3, 0.4) is 0 Å². The number of carboxylic acids is 1. The molecule has 0 aliphatic heterocycles. The van der Waals surface area contributed by atoms with Crippen molar-refractivity contribution in [3.8, 4) is 0 Å². The van der Waals surface area contributed by atoms with Crippen LogP contribution in [0.2, 0.25) is 0 Å². The minimum absolute atomic E-state index is 0.885. The van der Waals surface area contributed by atoms with Gasteiger partial charge >= 0.3 is 5.97 Å². The zero-order valence-corrected chi connectivity index (χ0v) is 11.1. The van der Waals surface area contributed by atoms with Gasteiger partial charge in [0.15, 0.2) is 0 Å². The number of pyridine rings is 1. The van der Waals surface area contributed by atoms with E-state index in [1.807, 2.05) is 23.6 Å². The maximum absolute atomic E-state index is 10.4. The van der Waals surface area contributed by atoms with Crippen molar-refractivity contribution in [2.75, 3.05) is 0 Å². The van der Waals surface area contributed by atoms with Gasteiger partial charge in [0.05, 0.1) is 0 Å². The van der Waals surface area contributed by atoms with Gasteiger partial charge < -0.3 is 5.11 Å². The lowest BCUT2D eigenvalue weighted by Crippen LogP contribution is -1.84. The SMILES string of the molecule is O=C(O)C=Cc1csc(CSc2ccncc2)c1. The van der Waals surface area contributed by atoms with Crippen LogP contribution < -0.4 is 0 Å². The highest BCUT2D eigenvalue weighted by Crippen LogP contribution is 2.26. The van der Waals surface area contributed by atoms with E-state index in [1.54, 1.807) is 41.6 Å². The van der Waals surface area contributed by atoms with E-state index >= 15 is 0 Å². The Balaban J connectivity index is 1.93. The first-order chi connectivity index (χ1) is 8.74. The van der Waals surface area contributed by atoms with Crippen LogP contribution in [0.15, 0.2) is 46.9 Å². The summed E-state index contributed by atoms with van der Waals surface area (Å²) in [6, 6.07) is 5.96. The van der Waals surface area contributed by atoms with Crippen LogP contribution in [0.5, 0.6) is 0 Å². The molecule has 0 bridgehead atoms. The molecule has 0 radical (unpaired) electrons. The number of carboxylic acid groups (broad SMARTS) is 1. The molecule has 2 aromatic heterocycles. The molecule has 0 unspecified atom stereocenters. The third-order valence-electron chi connectivity index (χ3n) is 2.12. The maximum atomic E-state index is 10.4. The third kappa shape index (κ3) is 4.01. The van der Waals surface area contributed by atoms with E-state index in [1.165, 1.54) is 9.77 Å². The lowest BCUT2D eigenvalue weighted by atomic mass is 10.3. The largest absolute Gasteiger partial charge is 0.478 e. The van der Waals surface area contributed by atoms with E-state index in [-0.39, 0.29) is 0 Å². The summed E-state index contributed by atoms with van der Waals surface area (Å²) in [5.74, 6) is -0.0378. The van der Waals surface area contributed by atoms with Gasteiger partial charge in [-0.1, -0.05) is 0 Å². The van der Waals surface area contributed by atoms with Crippen LogP contribution in [0.25, 0.3) is 6.08 Å². The Kier molecular flexibility index (Phi) is 4.55.